The number of carbonyl (C=O) groups is 1. The minimum absolute atomic E-state index is 0.0518. The van der Waals surface area contributed by atoms with Gasteiger partial charge in [0.2, 0.25) is 5.91 Å². The average Bonchev–Trinajstić information content (AvgIpc) is 3.11. The Balaban J connectivity index is 1.60. The van der Waals surface area contributed by atoms with Gasteiger partial charge >= 0.3 is 0 Å². The summed E-state index contributed by atoms with van der Waals surface area (Å²) in [6.45, 7) is 3.02. The first-order valence-electron chi connectivity index (χ1n) is 8.34. The predicted molar refractivity (Wildman–Crippen MR) is 86.4 cm³/mol. The highest BCUT2D eigenvalue weighted by molar-refractivity contribution is 5.77. The van der Waals surface area contributed by atoms with Gasteiger partial charge in [-0.2, -0.15) is 10.2 Å². The van der Waals surface area contributed by atoms with Crippen molar-refractivity contribution >= 4 is 5.91 Å². The summed E-state index contributed by atoms with van der Waals surface area (Å²) in [7, 11) is 0. The molecule has 5 nitrogen and oxygen atoms in total. The van der Waals surface area contributed by atoms with Crippen molar-refractivity contribution in [3.05, 3.63) is 24.2 Å². The van der Waals surface area contributed by atoms with E-state index in [0.29, 0.717) is 25.2 Å². The van der Waals surface area contributed by atoms with Crippen molar-refractivity contribution in [2.75, 3.05) is 6.54 Å². The standard InChI is InChI=1S/C18H23N3O2/c1-3-4-9-18(19-20-18)10-7-17(22)21-11-8-14(2)13-15(21)16-6-5-12-23-16/h1,5-6,12,14-15H,4,7-11,13H2,2H3. The number of rotatable bonds is 6. The fourth-order valence-corrected chi connectivity index (χ4v) is 3.31. The zero-order chi connectivity index (χ0) is 16.3. The van der Waals surface area contributed by atoms with Crippen LogP contribution in [0, 0.1) is 18.3 Å². The Morgan fingerprint density at radius 2 is 2.35 bits per heavy atom. The lowest BCUT2D eigenvalue weighted by Gasteiger charge is -2.37. The van der Waals surface area contributed by atoms with Crippen LogP contribution in [0.1, 0.15) is 57.3 Å². The van der Waals surface area contributed by atoms with Gasteiger partial charge < -0.3 is 9.32 Å². The topological polar surface area (TPSA) is 58.2 Å². The fraction of sp³-hybridized carbons (Fsp3) is 0.611. The molecular weight excluding hydrogens is 290 g/mol. The van der Waals surface area contributed by atoms with Gasteiger partial charge in [-0.1, -0.05) is 6.92 Å². The number of likely N-dealkylation sites (tertiary alicyclic amines) is 1. The van der Waals surface area contributed by atoms with Crippen molar-refractivity contribution in [1.82, 2.24) is 4.90 Å². The van der Waals surface area contributed by atoms with E-state index >= 15 is 0 Å². The summed E-state index contributed by atoms with van der Waals surface area (Å²) in [6, 6.07) is 3.90. The van der Waals surface area contributed by atoms with Gasteiger partial charge in [-0.05, 0) is 30.9 Å². The molecule has 23 heavy (non-hydrogen) atoms. The van der Waals surface area contributed by atoms with Crippen LogP contribution in [0.4, 0.5) is 0 Å². The summed E-state index contributed by atoms with van der Waals surface area (Å²) in [4.78, 5) is 14.7. The lowest BCUT2D eigenvalue weighted by Crippen LogP contribution is -2.40. The third-order valence-corrected chi connectivity index (χ3v) is 4.85. The molecular formula is C18H23N3O2. The Labute approximate surface area is 137 Å². The van der Waals surface area contributed by atoms with Crippen LogP contribution >= 0.6 is 0 Å². The molecule has 0 radical (unpaired) electrons. The molecule has 1 fully saturated rings. The number of amides is 1. The van der Waals surface area contributed by atoms with Crippen LogP contribution < -0.4 is 0 Å². The molecule has 2 atom stereocenters. The van der Waals surface area contributed by atoms with E-state index in [4.69, 9.17) is 10.8 Å². The van der Waals surface area contributed by atoms with Crippen molar-refractivity contribution in [2.45, 2.75) is 57.2 Å². The molecule has 0 aliphatic carbocycles. The van der Waals surface area contributed by atoms with Crippen molar-refractivity contribution < 1.29 is 9.21 Å². The third kappa shape index (κ3) is 3.64. The van der Waals surface area contributed by atoms with E-state index in [1.54, 1.807) is 6.26 Å². The molecule has 1 saturated heterocycles. The molecule has 1 aromatic rings. The first-order valence-corrected chi connectivity index (χ1v) is 8.34. The highest BCUT2D eigenvalue weighted by Crippen LogP contribution is 2.39. The number of terminal acetylenes is 1. The number of hydrogen-bond donors (Lipinski definition) is 0. The summed E-state index contributed by atoms with van der Waals surface area (Å²) in [5.74, 6) is 4.26. The summed E-state index contributed by atoms with van der Waals surface area (Å²) in [6.07, 6.45) is 11.5. The Kier molecular flexibility index (Phi) is 4.51. The quantitative estimate of drug-likeness (QED) is 0.747. The van der Waals surface area contributed by atoms with Crippen LogP contribution in [0.15, 0.2) is 33.0 Å². The monoisotopic (exact) mass is 313 g/mol. The molecule has 3 heterocycles. The second-order valence-electron chi connectivity index (χ2n) is 6.63. The molecule has 2 aliphatic rings. The van der Waals surface area contributed by atoms with Crippen LogP contribution in [-0.4, -0.2) is 23.0 Å². The molecule has 0 aromatic carbocycles. The molecule has 0 N–H and O–H groups in total. The van der Waals surface area contributed by atoms with Crippen LogP contribution in [0.3, 0.4) is 0 Å². The molecule has 0 saturated carbocycles. The number of furan rings is 1. The van der Waals surface area contributed by atoms with E-state index < -0.39 is 0 Å². The molecule has 1 amide bonds. The minimum Gasteiger partial charge on any atom is -0.467 e. The van der Waals surface area contributed by atoms with Gasteiger partial charge in [-0.25, -0.2) is 0 Å². The zero-order valence-corrected chi connectivity index (χ0v) is 13.6. The summed E-state index contributed by atoms with van der Waals surface area (Å²) in [5, 5.41) is 8.22. The fourth-order valence-electron chi connectivity index (χ4n) is 3.31. The second-order valence-corrected chi connectivity index (χ2v) is 6.63. The van der Waals surface area contributed by atoms with Gasteiger partial charge in [0.15, 0.2) is 5.66 Å². The number of carbonyl (C=O) groups excluding carboxylic acids is 1. The maximum absolute atomic E-state index is 12.7. The molecule has 5 heteroatoms. The third-order valence-electron chi connectivity index (χ3n) is 4.85. The first-order chi connectivity index (χ1) is 11.1. The van der Waals surface area contributed by atoms with Crippen LogP contribution in [0.5, 0.6) is 0 Å². The van der Waals surface area contributed by atoms with Gasteiger partial charge in [0.25, 0.3) is 0 Å². The lowest BCUT2D eigenvalue weighted by atomic mass is 9.90. The molecule has 2 aliphatic heterocycles. The summed E-state index contributed by atoms with van der Waals surface area (Å²) in [5.41, 5.74) is -0.384. The van der Waals surface area contributed by atoms with Crippen LogP contribution in [0.2, 0.25) is 0 Å². The smallest absolute Gasteiger partial charge is 0.223 e. The average molecular weight is 313 g/mol. The number of nitrogens with zero attached hydrogens (tertiary/aromatic N) is 3. The van der Waals surface area contributed by atoms with E-state index in [0.717, 1.165) is 31.6 Å². The van der Waals surface area contributed by atoms with Crippen LogP contribution in [-0.2, 0) is 4.79 Å². The lowest BCUT2D eigenvalue weighted by molar-refractivity contribution is -0.136. The maximum Gasteiger partial charge on any atom is 0.223 e. The van der Waals surface area contributed by atoms with Gasteiger partial charge in [-0.3, -0.25) is 4.79 Å². The molecule has 2 unspecified atom stereocenters. The Bertz CT molecular complexity index is 609. The summed E-state index contributed by atoms with van der Waals surface area (Å²) >= 11 is 0. The van der Waals surface area contributed by atoms with Gasteiger partial charge in [0.05, 0.1) is 12.3 Å². The Morgan fingerprint density at radius 1 is 1.52 bits per heavy atom. The Morgan fingerprint density at radius 3 is 3.00 bits per heavy atom. The number of hydrogen-bond acceptors (Lipinski definition) is 4. The molecule has 0 spiro atoms. The van der Waals surface area contributed by atoms with Crippen molar-refractivity contribution in [3.63, 3.8) is 0 Å². The molecule has 0 bridgehead atoms. The summed E-state index contributed by atoms with van der Waals surface area (Å²) < 4.78 is 5.56. The predicted octanol–water partition coefficient (Wildman–Crippen LogP) is 3.93. The van der Waals surface area contributed by atoms with E-state index in [2.05, 4.69) is 23.1 Å². The minimum atomic E-state index is -0.384. The highest BCUT2D eigenvalue weighted by Gasteiger charge is 2.40. The van der Waals surface area contributed by atoms with E-state index in [-0.39, 0.29) is 17.6 Å². The van der Waals surface area contributed by atoms with E-state index in [9.17, 15) is 4.79 Å². The van der Waals surface area contributed by atoms with Crippen molar-refractivity contribution in [3.8, 4) is 12.3 Å². The van der Waals surface area contributed by atoms with Crippen molar-refractivity contribution in [1.29, 1.82) is 0 Å². The SMILES string of the molecule is C#CCCC1(CCC(=O)N2CCC(C)CC2c2ccco2)N=N1. The molecule has 3 rings (SSSR count). The van der Waals surface area contributed by atoms with Crippen molar-refractivity contribution in [2.24, 2.45) is 16.1 Å². The van der Waals surface area contributed by atoms with Crippen LogP contribution in [0.25, 0.3) is 0 Å². The number of piperidine rings is 1. The molecule has 122 valence electrons. The van der Waals surface area contributed by atoms with E-state index in [1.165, 1.54) is 0 Å². The first kappa shape index (κ1) is 15.8. The highest BCUT2D eigenvalue weighted by atomic mass is 16.3. The second kappa shape index (κ2) is 6.57. The maximum atomic E-state index is 12.7. The van der Waals surface area contributed by atoms with Gasteiger partial charge in [0.1, 0.15) is 5.76 Å². The van der Waals surface area contributed by atoms with Gasteiger partial charge in [0, 0.05) is 32.2 Å². The van der Waals surface area contributed by atoms with E-state index in [1.807, 2.05) is 17.0 Å². The normalized spacial score (nSPS) is 25.1. The zero-order valence-electron chi connectivity index (χ0n) is 13.6. The largest absolute Gasteiger partial charge is 0.467 e. The molecule has 1 aromatic heterocycles. The van der Waals surface area contributed by atoms with Gasteiger partial charge in [-0.15, -0.1) is 12.3 Å². The Hall–Kier alpha value is -2.09.